The lowest BCUT2D eigenvalue weighted by Crippen LogP contribution is -2.24. The van der Waals surface area contributed by atoms with Gasteiger partial charge in [0.1, 0.15) is 11.5 Å². The van der Waals surface area contributed by atoms with Crippen LogP contribution in [-0.2, 0) is 0 Å². The van der Waals surface area contributed by atoms with Gasteiger partial charge < -0.3 is 9.71 Å². The van der Waals surface area contributed by atoms with Crippen molar-refractivity contribution in [3.63, 3.8) is 0 Å². The van der Waals surface area contributed by atoms with Gasteiger partial charge in [-0.15, -0.1) is 0 Å². The Morgan fingerprint density at radius 1 is 1.19 bits per heavy atom. The zero-order valence-electron chi connectivity index (χ0n) is 14.5. The number of H-pyrrole nitrogens is 1. The van der Waals surface area contributed by atoms with Crippen LogP contribution in [0.5, 0.6) is 0 Å². The summed E-state index contributed by atoms with van der Waals surface area (Å²) in [5.74, 6) is -2.48. The number of piperidine rings is 1. The van der Waals surface area contributed by atoms with Crippen LogP contribution in [0.25, 0.3) is 11.0 Å². The van der Waals surface area contributed by atoms with Crippen LogP contribution >= 0.6 is 12.1 Å². The summed E-state index contributed by atoms with van der Waals surface area (Å²) in [7, 11) is 0. The summed E-state index contributed by atoms with van der Waals surface area (Å²) in [6, 6.07) is 5.79. The molecule has 0 aliphatic carbocycles. The molecular formula is C19H18F2N4OS. The van der Waals surface area contributed by atoms with Crippen molar-refractivity contribution in [3.05, 3.63) is 59.4 Å². The van der Waals surface area contributed by atoms with Crippen LogP contribution in [0.2, 0.25) is 0 Å². The number of hydrogen-bond acceptors (Lipinski definition) is 5. The summed E-state index contributed by atoms with van der Waals surface area (Å²) >= 11 is 1.28. The van der Waals surface area contributed by atoms with E-state index in [0.717, 1.165) is 32.0 Å². The molecule has 4 rings (SSSR count). The largest absolute Gasteiger partial charge is 0.345 e. The number of anilines is 1. The fourth-order valence-corrected chi connectivity index (χ4v) is 4.01. The SMILES string of the molecule is O=C(c1c(F)ccc(NSN2CCCCC2)c1F)c1c[nH]c2ncccc12. The molecule has 0 unspecified atom stereocenters. The van der Waals surface area contributed by atoms with Gasteiger partial charge in [0.2, 0.25) is 5.78 Å². The van der Waals surface area contributed by atoms with Crippen molar-refractivity contribution in [1.82, 2.24) is 14.3 Å². The topological polar surface area (TPSA) is 61.0 Å². The molecule has 0 spiro atoms. The second-order valence-electron chi connectivity index (χ2n) is 6.40. The second-order valence-corrected chi connectivity index (χ2v) is 7.30. The first kappa shape index (κ1) is 17.9. The lowest BCUT2D eigenvalue weighted by Gasteiger charge is -2.25. The first-order valence-electron chi connectivity index (χ1n) is 8.78. The van der Waals surface area contributed by atoms with Gasteiger partial charge >= 0.3 is 0 Å². The third kappa shape index (κ3) is 3.54. The van der Waals surface area contributed by atoms with Crippen LogP contribution in [0.4, 0.5) is 14.5 Å². The highest BCUT2D eigenvalue weighted by Gasteiger charge is 2.24. The maximum absolute atomic E-state index is 14.9. The normalized spacial score (nSPS) is 15.2. The zero-order chi connectivity index (χ0) is 18.8. The third-order valence-electron chi connectivity index (χ3n) is 4.61. The van der Waals surface area contributed by atoms with E-state index in [1.807, 2.05) is 0 Å². The summed E-state index contributed by atoms with van der Waals surface area (Å²) in [5, 5.41) is 0.530. The van der Waals surface area contributed by atoms with Gasteiger partial charge in [-0.3, -0.25) is 4.79 Å². The highest BCUT2D eigenvalue weighted by atomic mass is 32.2. The van der Waals surface area contributed by atoms with E-state index in [4.69, 9.17) is 0 Å². The van der Waals surface area contributed by atoms with Crippen LogP contribution < -0.4 is 4.72 Å². The predicted molar refractivity (Wildman–Crippen MR) is 103 cm³/mol. The van der Waals surface area contributed by atoms with Gasteiger partial charge in [-0.05, 0) is 37.1 Å². The number of rotatable bonds is 5. The van der Waals surface area contributed by atoms with Gasteiger partial charge in [0.05, 0.1) is 11.3 Å². The predicted octanol–water partition coefficient (Wildman–Crippen LogP) is 4.53. The fourth-order valence-electron chi connectivity index (χ4n) is 3.19. The number of aromatic nitrogens is 2. The van der Waals surface area contributed by atoms with E-state index >= 15 is 0 Å². The first-order chi connectivity index (χ1) is 13.1. The number of ketones is 1. The van der Waals surface area contributed by atoms with E-state index in [9.17, 15) is 13.6 Å². The van der Waals surface area contributed by atoms with E-state index in [2.05, 4.69) is 19.0 Å². The van der Waals surface area contributed by atoms with Crippen LogP contribution in [0.3, 0.4) is 0 Å². The number of halogens is 2. The molecule has 2 N–H and O–H groups in total. The quantitative estimate of drug-likeness (QED) is 0.497. The van der Waals surface area contributed by atoms with Crippen molar-refractivity contribution in [2.45, 2.75) is 19.3 Å². The molecule has 1 aliphatic heterocycles. The average Bonchev–Trinajstić information content (AvgIpc) is 3.12. The Morgan fingerprint density at radius 3 is 2.81 bits per heavy atom. The smallest absolute Gasteiger partial charge is 0.201 e. The molecule has 8 heteroatoms. The number of pyridine rings is 1. The van der Waals surface area contributed by atoms with Crippen molar-refractivity contribution >= 4 is 34.6 Å². The Balaban J connectivity index is 1.63. The summed E-state index contributed by atoms with van der Waals surface area (Å²) in [6.45, 7) is 1.82. The van der Waals surface area contributed by atoms with Gasteiger partial charge in [0, 0.05) is 48.6 Å². The fraction of sp³-hybridized carbons (Fsp3) is 0.263. The molecule has 1 aromatic carbocycles. The van der Waals surface area contributed by atoms with Gasteiger partial charge in [0.15, 0.2) is 5.82 Å². The van der Waals surface area contributed by atoms with Gasteiger partial charge in [-0.2, -0.15) is 0 Å². The summed E-state index contributed by atoms with van der Waals surface area (Å²) in [6.07, 6.45) is 6.40. The third-order valence-corrected chi connectivity index (χ3v) is 5.55. The van der Waals surface area contributed by atoms with E-state index in [1.165, 1.54) is 30.8 Å². The van der Waals surface area contributed by atoms with E-state index in [0.29, 0.717) is 11.0 Å². The number of aromatic amines is 1. The maximum atomic E-state index is 14.9. The minimum Gasteiger partial charge on any atom is -0.345 e. The van der Waals surface area contributed by atoms with Gasteiger partial charge in [-0.1, -0.05) is 6.42 Å². The lowest BCUT2D eigenvalue weighted by atomic mass is 10.0. The molecule has 5 nitrogen and oxygen atoms in total. The monoisotopic (exact) mass is 388 g/mol. The molecule has 1 fully saturated rings. The Hall–Kier alpha value is -2.45. The molecule has 27 heavy (non-hydrogen) atoms. The number of nitrogens with zero attached hydrogens (tertiary/aromatic N) is 2. The minimum absolute atomic E-state index is 0.0910. The molecule has 3 heterocycles. The molecule has 0 radical (unpaired) electrons. The van der Waals surface area contributed by atoms with Gasteiger partial charge in [0.25, 0.3) is 0 Å². The highest BCUT2D eigenvalue weighted by molar-refractivity contribution is 7.98. The van der Waals surface area contributed by atoms with E-state index in [1.54, 1.807) is 18.3 Å². The lowest BCUT2D eigenvalue weighted by molar-refractivity contribution is 0.103. The van der Waals surface area contributed by atoms with Crippen LogP contribution in [0, 0.1) is 11.6 Å². The molecule has 0 amide bonds. The summed E-state index contributed by atoms with van der Waals surface area (Å²) < 4.78 is 34.3. The number of hydrogen-bond donors (Lipinski definition) is 2. The Morgan fingerprint density at radius 2 is 2.00 bits per heavy atom. The molecule has 1 saturated heterocycles. The Bertz CT molecular complexity index is 985. The van der Waals surface area contributed by atoms with Crippen molar-refractivity contribution in [2.75, 3.05) is 17.8 Å². The molecule has 1 aliphatic rings. The molecule has 2 aromatic heterocycles. The van der Waals surface area contributed by atoms with Crippen molar-refractivity contribution < 1.29 is 13.6 Å². The Labute approximate surface area is 159 Å². The van der Waals surface area contributed by atoms with Crippen molar-refractivity contribution in [3.8, 4) is 0 Å². The van der Waals surface area contributed by atoms with Gasteiger partial charge in [-0.25, -0.2) is 18.1 Å². The summed E-state index contributed by atoms with van der Waals surface area (Å²) in [5.41, 5.74) is 0.214. The van der Waals surface area contributed by atoms with E-state index in [-0.39, 0.29) is 11.3 Å². The van der Waals surface area contributed by atoms with Crippen LogP contribution in [0.1, 0.15) is 35.2 Å². The molecular weight excluding hydrogens is 370 g/mol. The second kappa shape index (κ2) is 7.66. The standard InChI is InChI=1S/C19H18F2N4OS/c20-14-6-7-15(24-27-25-9-2-1-3-10-25)17(21)16(14)18(26)13-11-23-19-12(13)5-4-8-22-19/h4-8,11,24H,1-3,9-10H2,(H,22,23). The van der Waals surface area contributed by atoms with E-state index < -0.39 is 23.0 Å². The number of nitrogens with one attached hydrogen (secondary N) is 2. The van der Waals surface area contributed by atoms with Crippen LogP contribution in [0.15, 0.2) is 36.7 Å². The zero-order valence-corrected chi connectivity index (χ0v) is 15.3. The molecule has 140 valence electrons. The number of carbonyl (C=O) groups excluding carboxylic acids is 1. The molecule has 3 aromatic rings. The molecule has 0 atom stereocenters. The first-order valence-corrected chi connectivity index (χ1v) is 9.55. The van der Waals surface area contributed by atoms with Crippen molar-refractivity contribution in [1.29, 1.82) is 0 Å². The molecule has 0 saturated carbocycles. The highest BCUT2D eigenvalue weighted by Crippen LogP contribution is 2.29. The number of fused-ring (bicyclic) bond motifs is 1. The average molecular weight is 388 g/mol. The van der Waals surface area contributed by atoms with Crippen molar-refractivity contribution in [2.24, 2.45) is 0 Å². The minimum atomic E-state index is -0.886. The number of carbonyl (C=O) groups is 1. The maximum Gasteiger partial charge on any atom is 0.201 e. The van der Waals surface area contributed by atoms with Crippen LogP contribution in [-0.4, -0.2) is 33.1 Å². The number of benzene rings is 1. The summed E-state index contributed by atoms with van der Waals surface area (Å²) in [4.78, 5) is 19.8. The Kier molecular flexibility index (Phi) is 5.09. The molecule has 0 bridgehead atoms.